The highest BCUT2D eigenvalue weighted by Gasteiger charge is 2.03. The maximum Gasteiger partial charge on any atom is 0.269 e. The van der Waals surface area contributed by atoms with Crippen LogP contribution in [0.4, 0.5) is 11.4 Å². The van der Waals surface area contributed by atoms with Gasteiger partial charge in [-0.15, -0.1) is 0 Å². The van der Waals surface area contributed by atoms with Crippen LogP contribution in [0.2, 0.25) is 0 Å². The van der Waals surface area contributed by atoms with Gasteiger partial charge in [0, 0.05) is 17.8 Å². The monoisotopic (exact) mass is 307 g/mol. The minimum absolute atomic E-state index is 0.0844. The molecule has 1 aromatic heterocycles. The van der Waals surface area contributed by atoms with Crippen molar-refractivity contribution in [2.45, 2.75) is 6.54 Å². The Hall–Kier alpha value is -1.95. The molecule has 18 heavy (non-hydrogen) atoms. The Morgan fingerprint density at radius 3 is 2.56 bits per heavy atom. The molecule has 2 rings (SSSR count). The Balaban J connectivity index is 2.00. The molecule has 0 amide bonds. The number of nitrogens with zero attached hydrogens (tertiary/aromatic N) is 2. The number of anilines is 1. The molecule has 0 fully saturated rings. The lowest BCUT2D eigenvalue weighted by atomic mass is 10.2. The number of nitro groups is 1. The van der Waals surface area contributed by atoms with Gasteiger partial charge in [-0.05, 0) is 40.2 Å². The first-order valence-corrected chi connectivity index (χ1v) is 6.04. The minimum atomic E-state index is -0.417. The fourth-order valence-electron chi connectivity index (χ4n) is 1.44. The highest BCUT2D eigenvalue weighted by Crippen LogP contribution is 2.16. The van der Waals surface area contributed by atoms with Gasteiger partial charge in [0.15, 0.2) is 0 Å². The number of non-ortho nitro benzene ring substituents is 1. The van der Waals surface area contributed by atoms with Crippen molar-refractivity contribution in [1.29, 1.82) is 0 Å². The third-order valence-corrected chi connectivity index (χ3v) is 2.77. The highest BCUT2D eigenvalue weighted by molar-refractivity contribution is 9.10. The first kappa shape index (κ1) is 12.5. The normalized spacial score (nSPS) is 10.1. The van der Waals surface area contributed by atoms with E-state index >= 15 is 0 Å². The van der Waals surface area contributed by atoms with Crippen molar-refractivity contribution in [2.75, 3.05) is 5.32 Å². The first-order chi connectivity index (χ1) is 8.65. The van der Waals surface area contributed by atoms with E-state index in [9.17, 15) is 10.1 Å². The second-order valence-corrected chi connectivity index (χ2v) is 4.42. The lowest BCUT2D eigenvalue weighted by Gasteiger charge is -2.05. The Morgan fingerprint density at radius 2 is 1.94 bits per heavy atom. The van der Waals surface area contributed by atoms with E-state index in [1.165, 1.54) is 12.1 Å². The molecule has 0 aliphatic carbocycles. The van der Waals surface area contributed by atoms with E-state index in [0.29, 0.717) is 6.54 Å². The number of nitro benzene ring substituents is 1. The summed E-state index contributed by atoms with van der Waals surface area (Å²) in [7, 11) is 0. The predicted molar refractivity (Wildman–Crippen MR) is 72.4 cm³/mol. The maximum atomic E-state index is 10.5. The number of hydrogen-bond acceptors (Lipinski definition) is 4. The lowest BCUT2D eigenvalue weighted by Crippen LogP contribution is -2.01. The Morgan fingerprint density at radius 1 is 1.22 bits per heavy atom. The fourth-order valence-corrected chi connectivity index (χ4v) is 1.82. The van der Waals surface area contributed by atoms with Gasteiger partial charge in [-0.1, -0.05) is 6.07 Å². The van der Waals surface area contributed by atoms with Crippen molar-refractivity contribution in [3.8, 4) is 0 Å². The zero-order valence-electron chi connectivity index (χ0n) is 9.34. The molecule has 0 radical (unpaired) electrons. The summed E-state index contributed by atoms with van der Waals surface area (Å²) in [6, 6.07) is 12.0. The summed E-state index contributed by atoms with van der Waals surface area (Å²) in [5.74, 6) is 0. The number of halogens is 1. The molecule has 0 saturated heterocycles. The van der Waals surface area contributed by atoms with Crippen LogP contribution in [0.15, 0.2) is 47.1 Å². The molecule has 0 saturated carbocycles. The van der Waals surface area contributed by atoms with Crippen LogP contribution in [0.1, 0.15) is 5.69 Å². The summed E-state index contributed by atoms with van der Waals surface area (Å²) < 4.78 is 0.783. The number of nitrogens with one attached hydrogen (secondary N) is 1. The summed E-state index contributed by atoms with van der Waals surface area (Å²) in [4.78, 5) is 14.4. The molecule has 0 atom stereocenters. The second kappa shape index (κ2) is 5.59. The molecule has 5 nitrogen and oxygen atoms in total. The van der Waals surface area contributed by atoms with Gasteiger partial charge in [0.1, 0.15) is 4.60 Å². The van der Waals surface area contributed by atoms with Gasteiger partial charge in [0.2, 0.25) is 0 Å². The third-order valence-electron chi connectivity index (χ3n) is 2.32. The lowest BCUT2D eigenvalue weighted by molar-refractivity contribution is -0.384. The zero-order valence-corrected chi connectivity index (χ0v) is 10.9. The van der Waals surface area contributed by atoms with Crippen LogP contribution in [-0.4, -0.2) is 9.91 Å². The number of rotatable bonds is 4. The van der Waals surface area contributed by atoms with Crippen LogP contribution in [0.5, 0.6) is 0 Å². The van der Waals surface area contributed by atoms with Gasteiger partial charge in [-0.25, -0.2) is 4.98 Å². The molecule has 0 aliphatic heterocycles. The molecule has 6 heteroatoms. The molecular weight excluding hydrogens is 298 g/mol. The highest BCUT2D eigenvalue weighted by atomic mass is 79.9. The van der Waals surface area contributed by atoms with Crippen molar-refractivity contribution >= 4 is 27.3 Å². The van der Waals surface area contributed by atoms with Gasteiger partial charge in [-0.2, -0.15) is 0 Å². The van der Waals surface area contributed by atoms with Gasteiger partial charge in [-0.3, -0.25) is 10.1 Å². The Kier molecular flexibility index (Phi) is 3.88. The van der Waals surface area contributed by atoms with Crippen LogP contribution in [0.3, 0.4) is 0 Å². The zero-order chi connectivity index (χ0) is 13.0. The summed E-state index contributed by atoms with van der Waals surface area (Å²) in [6.07, 6.45) is 0. The standard InChI is InChI=1S/C12H10BrN3O2/c13-12-3-1-2-10(15-12)8-14-9-4-6-11(7-5-9)16(17)18/h1-7,14H,8H2. The maximum absolute atomic E-state index is 10.5. The van der Waals surface area contributed by atoms with Crippen molar-refractivity contribution < 1.29 is 4.92 Å². The minimum Gasteiger partial charge on any atom is -0.379 e. The third kappa shape index (κ3) is 3.27. The summed E-state index contributed by atoms with van der Waals surface area (Å²) >= 11 is 3.30. The van der Waals surface area contributed by atoms with Crippen LogP contribution >= 0.6 is 15.9 Å². The number of aromatic nitrogens is 1. The molecule has 0 aliphatic rings. The average molecular weight is 308 g/mol. The smallest absolute Gasteiger partial charge is 0.269 e. The number of benzene rings is 1. The second-order valence-electron chi connectivity index (χ2n) is 3.61. The predicted octanol–water partition coefficient (Wildman–Crippen LogP) is 3.36. The molecule has 2 aromatic rings. The van der Waals surface area contributed by atoms with E-state index < -0.39 is 4.92 Å². The van der Waals surface area contributed by atoms with Crippen molar-refractivity contribution in [2.24, 2.45) is 0 Å². The summed E-state index contributed by atoms with van der Waals surface area (Å²) in [5, 5.41) is 13.6. The SMILES string of the molecule is O=[N+]([O-])c1ccc(NCc2cccc(Br)n2)cc1. The van der Waals surface area contributed by atoms with Crippen LogP contribution in [-0.2, 0) is 6.54 Å². The largest absolute Gasteiger partial charge is 0.379 e. The Labute approximate surface area is 112 Å². The Bertz CT molecular complexity index is 558. The average Bonchev–Trinajstić information content (AvgIpc) is 2.37. The van der Waals surface area contributed by atoms with E-state index in [0.717, 1.165) is 16.0 Å². The van der Waals surface area contributed by atoms with Gasteiger partial charge in [0.25, 0.3) is 5.69 Å². The van der Waals surface area contributed by atoms with E-state index in [4.69, 9.17) is 0 Å². The van der Waals surface area contributed by atoms with E-state index in [-0.39, 0.29) is 5.69 Å². The molecule has 1 aromatic carbocycles. The molecule has 0 unspecified atom stereocenters. The molecular formula is C12H10BrN3O2. The van der Waals surface area contributed by atoms with Gasteiger partial charge in [0.05, 0.1) is 17.2 Å². The van der Waals surface area contributed by atoms with Crippen LogP contribution in [0.25, 0.3) is 0 Å². The number of hydrogen-bond donors (Lipinski definition) is 1. The van der Waals surface area contributed by atoms with Crippen LogP contribution < -0.4 is 5.32 Å². The topological polar surface area (TPSA) is 68.1 Å². The van der Waals surface area contributed by atoms with Crippen molar-refractivity contribution in [3.63, 3.8) is 0 Å². The van der Waals surface area contributed by atoms with Crippen molar-refractivity contribution in [1.82, 2.24) is 4.98 Å². The molecule has 1 heterocycles. The van der Waals surface area contributed by atoms with E-state index in [1.54, 1.807) is 12.1 Å². The quantitative estimate of drug-likeness (QED) is 0.534. The number of pyridine rings is 1. The van der Waals surface area contributed by atoms with Crippen LogP contribution in [0, 0.1) is 10.1 Å². The van der Waals surface area contributed by atoms with Crippen molar-refractivity contribution in [3.05, 3.63) is 62.9 Å². The summed E-state index contributed by atoms with van der Waals surface area (Å²) in [6.45, 7) is 0.567. The van der Waals surface area contributed by atoms with Gasteiger partial charge < -0.3 is 5.32 Å². The fraction of sp³-hybridized carbons (Fsp3) is 0.0833. The summed E-state index contributed by atoms with van der Waals surface area (Å²) in [5.41, 5.74) is 1.80. The molecule has 1 N–H and O–H groups in total. The first-order valence-electron chi connectivity index (χ1n) is 5.25. The van der Waals surface area contributed by atoms with E-state index in [1.807, 2.05) is 18.2 Å². The van der Waals surface area contributed by atoms with E-state index in [2.05, 4.69) is 26.2 Å². The molecule has 0 bridgehead atoms. The molecule has 0 spiro atoms. The molecule has 92 valence electrons. The van der Waals surface area contributed by atoms with Gasteiger partial charge >= 0.3 is 0 Å².